The summed E-state index contributed by atoms with van der Waals surface area (Å²) in [4.78, 5) is 27.1. The standard InChI is InChI=1S/C15H19BrN2O2/c1-11(16)15(20)18-9-7-17(8-10-18)14-5-3-13(4-6-14)12(2)19/h3-6,11H,7-10H2,1-2H3. The van der Waals surface area contributed by atoms with Crippen molar-refractivity contribution >= 4 is 33.3 Å². The van der Waals surface area contributed by atoms with Gasteiger partial charge in [-0.15, -0.1) is 0 Å². The summed E-state index contributed by atoms with van der Waals surface area (Å²) < 4.78 is 0. The summed E-state index contributed by atoms with van der Waals surface area (Å²) in [6.07, 6.45) is 0. The zero-order valence-electron chi connectivity index (χ0n) is 11.8. The molecule has 1 heterocycles. The highest BCUT2D eigenvalue weighted by Gasteiger charge is 2.23. The first-order chi connectivity index (χ1) is 9.49. The maximum Gasteiger partial charge on any atom is 0.236 e. The van der Waals surface area contributed by atoms with Gasteiger partial charge in [0.05, 0.1) is 4.83 Å². The molecule has 0 bridgehead atoms. The fourth-order valence-electron chi connectivity index (χ4n) is 2.34. The van der Waals surface area contributed by atoms with Crippen LogP contribution in [0.1, 0.15) is 24.2 Å². The van der Waals surface area contributed by atoms with E-state index < -0.39 is 0 Å². The molecule has 20 heavy (non-hydrogen) atoms. The normalized spacial score (nSPS) is 16.9. The van der Waals surface area contributed by atoms with E-state index in [0.29, 0.717) is 0 Å². The first-order valence-corrected chi connectivity index (χ1v) is 7.69. The second kappa shape index (κ2) is 6.39. The number of nitrogens with zero attached hydrogens (tertiary/aromatic N) is 2. The molecule has 1 saturated heterocycles. The number of halogens is 1. The van der Waals surface area contributed by atoms with Crippen LogP contribution >= 0.6 is 15.9 Å². The van der Waals surface area contributed by atoms with Crippen molar-refractivity contribution in [1.82, 2.24) is 4.90 Å². The summed E-state index contributed by atoms with van der Waals surface area (Å²) in [7, 11) is 0. The quantitative estimate of drug-likeness (QED) is 0.627. The Morgan fingerprint density at radius 3 is 2.10 bits per heavy atom. The van der Waals surface area contributed by atoms with Crippen molar-refractivity contribution in [2.45, 2.75) is 18.7 Å². The molecule has 1 aromatic rings. The average Bonchev–Trinajstić information content (AvgIpc) is 2.46. The Bertz CT molecular complexity index is 491. The van der Waals surface area contributed by atoms with Crippen LogP contribution in [0.4, 0.5) is 5.69 Å². The molecule has 0 aromatic heterocycles. The lowest BCUT2D eigenvalue weighted by molar-refractivity contribution is -0.130. The Hall–Kier alpha value is -1.36. The number of hydrogen-bond donors (Lipinski definition) is 0. The van der Waals surface area contributed by atoms with Gasteiger partial charge in [-0.1, -0.05) is 15.9 Å². The fraction of sp³-hybridized carbons (Fsp3) is 0.467. The van der Waals surface area contributed by atoms with Crippen LogP contribution in [0, 0.1) is 0 Å². The lowest BCUT2D eigenvalue weighted by atomic mass is 10.1. The van der Waals surface area contributed by atoms with Crippen LogP contribution < -0.4 is 4.90 Å². The fourth-order valence-corrected chi connectivity index (χ4v) is 2.63. The minimum absolute atomic E-state index is 0.0817. The third-order valence-corrected chi connectivity index (χ3v) is 3.96. The Morgan fingerprint density at radius 2 is 1.65 bits per heavy atom. The molecule has 1 unspecified atom stereocenters. The van der Waals surface area contributed by atoms with Crippen molar-refractivity contribution in [2.75, 3.05) is 31.1 Å². The van der Waals surface area contributed by atoms with Crippen molar-refractivity contribution < 1.29 is 9.59 Å². The van der Waals surface area contributed by atoms with Gasteiger partial charge in [0.1, 0.15) is 0 Å². The van der Waals surface area contributed by atoms with Gasteiger partial charge in [-0.3, -0.25) is 9.59 Å². The Kier molecular flexibility index (Phi) is 4.81. The zero-order valence-corrected chi connectivity index (χ0v) is 13.4. The van der Waals surface area contributed by atoms with Crippen LogP contribution in [0.25, 0.3) is 0 Å². The minimum atomic E-state index is -0.121. The number of ketones is 1. The number of piperazine rings is 1. The number of alkyl halides is 1. The van der Waals surface area contributed by atoms with Gasteiger partial charge in [0.2, 0.25) is 5.91 Å². The van der Waals surface area contributed by atoms with E-state index in [-0.39, 0.29) is 16.5 Å². The molecular weight excluding hydrogens is 320 g/mol. The first-order valence-electron chi connectivity index (χ1n) is 6.78. The molecule has 0 radical (unpaired) electrons. The van der Waals surface area contributed by atoms with E-state index in [4.69, 9.17) is 0 Å². The maximum absolute atomic E-state index is 11.9. The monoisotopic (exact) mass is 338 g/mol. The molecule has 4 nitrogen and oxygen atoms in total. The molecule has 0 aliphatic carbocycles. The number of carbonyl (C=O) groups is 2. The predicted molar refractivity (Wildman–Crippen MR) is 83.6 cm³/mol. The topological polar surface area (TPSA) is 40.6 Å². The molecule has 2 rings (SSSR count). The van der Waals surface area contributed by atoms with Crippen LogP contribution in [0.3, 0.4) is 0 Å². The molecule has 108 valence electrons. The summed E-state index contributed by atoms with van der Waals surface area (Å²) >= 11 is 3.32. The van der Waals surface area contributed by atoms with Crippen molar-refractivity contribution in [3.05, 3.63) is 29.8 Å². The van der Waals surface area contributed by atoms with Crippen LogP contribution in [-0.4, -0.2) is 47.6 Å². The van der Waals surface area contributed by atoms with E-state index >= 15 is 0 Å². The SMILES string of the molecule is CC(=O)c1ccc(N2CCN(C(=O)C(C)Br)CC2)cc1. The number of anilines is 1. The summed E-state index contributed by atoms with van der Waals surface area (Å²) in [5, 5.41) is 0. The van der Waals surface area contributed by atoms with Crippen molar-refractivity contribution in [1.29, 1.82) is 0 Å². The molecule has 0 spiro atoms. The molecule has 0 saturated carbocycles. The Balaban J connectivity index is 1.97. The van der Waals surface area contributed by atoms with E-state index in [1.807, 2.05) is 36.1 Å². The summed E-state index contributed by atoms with van der Waals surface area (Å²) in [5.41, 5.74) is 1.84. The second-order valence-corrected chi connectivity index (χ2v) is 6.40. The van der Waals surface area contributed by atoms with Crippen LogP contribution in [0.2, 0.25) is 0 Å². The van der Waals surface area contributed by atoms with E-state index in [0.717, 1.165) is 37.4 Å². The van der Waals surface area contributed by atoms with Gasteiger partial charge in [-0.05, 0) is 38.1 Å². The Morgan fingerprint density at radius 1 is 1.10 bits per heavy atom. The number of benzene rings is 1. The second-order valence-electron chi connectivity index (χ2n) is 5.03. The van der Waals surface area contributed by atoms with E-state index in [2.05, 4.69) is 20.8 Å². The van der Waals surface area contributed by atoms with E-state index in [1.54, 1.807) is 6.92 Å². The first kappa shape index (κ1) is 15.0. The summed E-state index contributed by atoms with van der Waals surface area (Å²) in [6, 6.07) is 7.66. The number of hydrogen-bond acceptors (Lipinski definition) is 3. The number of rotatable bonds is 3. The molecule has 5 heteroatoms. The smallest absolute Gasteiger partial charge is 0.236 e. The largest absolute Gasteiger partial charge is 0.368 e. The van der Waals surface area contributed by atoms with Crippen molar-refractivity contribution in [3.63, 3.8) is 0 Å². The predicted octanol–water partition coefficient (Wildman–Crippen LogP) is 2.32. The number of carbonyl (C=O) groups excluding carboxylic acids is 2. The molecule has 1 aliphatic rings. The van der Waals surface area contributed by atoms with Crippen molar-refractivity contribution in [3.8, 4) is 0 Å². The van der Waals surface area contributed by atoms with Gasteiger partial charge in [-0.25, -0.2) is 0 Å². The zero-order chi connectivity index (χ0) is 14.7. The van der Waals surface area contributed by atoms with Gasteiger partial charge in [-0.2, -0.15) is 0 Å². The van der Waals surface area contributed by atoms with E-state index in [1.165, 1.54) is 0 Å². The third-order valence-electron chi connectivity index (χ3n) is 3.57. The summed E-state index contributed by atoms with van der Waals surface area (Å²) in [5.74, 6) is 0.231. The highest BCUT2D eigenvalue weighted by atomic mass is 79.9. The molecule has 1 amide bonds. The molecule has 0 N–H and O–H groups in total. The van der Waals surface area contributed by atoms with Crippen LogP contribution in [0.5, 0.6) is 0 Å². The number of amides is 1. The average molecular weight is 339 g/mol. The Labute approximate surface area is 127 Å². The molecular formula is C15H19BrN2O2. The highest BCUT2D eigenvalue weighted by molar-refractivity contribution is 9.10. The lowest BCUT2D eigenvalue weighted by Crippen LogP contribution is -2.50. The van der Waals surface area contributed by atoms with E-state index in [9.17, 15) is 9.59 Å². The van der Waals surface area contributed by atoms with Crippen LogP contribution in [-0.2, 0) is 4.79 Å². The van der Waals surface area contributed by atoms with Crippen molar-refractivity contribution in [2.24, 2.45) is 0 Å². The van der Waals surface area contributed by atoms with Gasteiger partial charge in [0, 0.05) is 37.4 Å². The van der Waals surface area contributed by atoms with Gasteiger partial charge in [0.25, 0.3) is 0 Å². The van der Waals surface area contributed by atoms with Gasteiger partial charge < -0.3 is 9.80 Å². The van der Waals surface area contributed by atoms with Gasteiger partial charge in [0.15, 0.2) is 5.78 Å². The maximum atomic E-state index is 11.9. The lowest BCUT2D eigenvalue weighted by Gasteiger charge is -2.36. The molecule has 1 fully saturated rings. The van der Waals surface area contributed by atoms with Gasteiger partial charge >= 0.3 is 0 Å². The third kappa shape index (κ3) is 3.39. The molecule has 1 aliphatic heterocycles. The molecule has 1 aromatic carbocycles. The van der Waals surface area contributed by atoms with Crippen LogP contribution in [0.15, 0.2) is 24.3 Å². The highest BCUT2D eigenvalue weighted by Crippen LogP contribution is 2.18. The minimum Gasteiger partial charge on any atom is -0.368 e. The summed E-state index contributed by atoms with van der Waals surface area (Å²) in [6.45, 7) is 6.55. The molecule has 1 atom stereocenters. The number of Topliss-reactive ketones (excluding diaryl/α,β-unsaturated/α-hetero) is 1.